The molecule has 526 valence electrons. The molecule has 7 aliphatic heterocycles. The highest BCUT2D eigenvalue weighted by Crippen LogP contribution is 2.40. The van der Waals surface area contributed by atoms with Gasteiger partial charge in [0.2, 0.25) is 17.7 Å². The maximum atomic E-state index is 13.2. The summed E-state index contributed by atoms with van der Waals surface area (Å²) in [6.45, 7) is -0.126. The van der Waals surface area contributed by atoms with Crippen molar-refractivity contribution in [3.8, 4) is 0 Å². The smallest absolute Gasteiger partial charge is 0.364 e. The van der Waals surface area contributed by atoms with E-state index in [1.807, 2.05) is 0 Å². The molecule has 40 heteroatoms. The Morgan fingerprint density at radius 3 is 1.45 bits per heavy atom. The lowest BCUT2D eigenvalue weighted by molar-refractivity contribution is -0.411. The molecule has 7 heterocycles. The van der Waals surface area contributed by atoms with Crippen molar-refractivity contribution in [3.63, 3.8) is 0 Å². The normalized spacial score (nSPS) is 48.0. The van der Waals surface area contributed by atoms with E-state index in [9.17, 15) is 121 Å². The van der Waals surface area contributed by atoms with Crippen LogP contribution in [0.3, 0.4) is 0 Å². The second kappa shape index (κ2) is 31.6. The van der Waals surface area contributed by atoms with Crippen molar-refractivity contribution in [2.75, 3.05) is 33.0 Å². The largest absolute Gasteiger partial charge is 0.477 e. The maximum Gasteiger partial charge on any atom is 0.364 e. The van der Waals surface area contributed by atoms with Crippen molar-refractivity contribution in [3.05, 3.63) is 0 Å². The molecule has 0 aromatic carbocycles. The number of aliphatic hydroxyl groups is 19. The molecule has 23 N–H and O–H groups in total. The van der Waals surface area contributed by atoms with E-state index in [1.165, 1.54) is 13.8 Å². The van der Waals surface area contributed by atoms with Gasteiger partial charge in [0.1, 0.15) is 152 Å². The van der Waals surface area contributed by atoms with Gasteiger partial charge in [-0.1, -0.05) is 0 Å². The van der Waals surface area contributed by atoms with E-state index < -0.39 is 284 Å². The number of hydrogen-bond acceptors (Lipinski definition) is 36. The van der Waals surface area contributed by atoms with E-state index in [4.69, 9.17) is 61.6 Å². The van der Waals surface area contributed by atoms with Crippen molar-refractivity contribution in [2.24, 2.45) is 0 Å². The molecule has 0 spiro atoms. The number of carboxylic acid groups (broad SMARTS) is 1. The molecular weight excluding hydrogens is 1250 g/mol. The molecule has 0 aromatic heterocycles. The first kappa shape index (κ1) is 75.0. The Morgan fingerprint density at radius 2 is 0.923 bits per heavy atom. The van der Waals surface area contributed by atoms with Crippen LogP contribution in [0, 0.1) is 0 Å². The molecule has 91 heavy (non-hydrogen) atoms. The van der Waals surface area contributed by atoms with E-state index in [0.717, 1.165) is 20.8 Å². The Labute approximate surface area is 516 Å². The van der Waals surface area contributed by atoms with Gasteiger partial charge >= 0.3 is 5.97 Å². The number of amides is 3. The monoisotopic (exact) mass is 1330 g/mol. The minimum atomic E-state index is -3.11. The standard InChI is InChI=1S/C51H85N3O37/c1-12-26(63)34(71)37(74)46(81-12)89-42-36(73)30(67)20(9-57)85-48(42)88-41-32(69)21(10-79-45-24(53-15(4)59)33(70)29(66)19(8-56)84-45)86-49(43(41)90-47-38(75)35(72)27(64)13(2)82-47)87-39-25(54-16(5)60)44(76)83-22(31(39)68)11-80-51(50(77)78)6-17(61)23(52-14(3)58)40(91-51)28(65)18(62)7-55/h12-13,17-49,55-57,61-76H,6-11H2,1-5H3,(H,52,58)(H,53,59)(H,54,60)(H,77,78)/t12-,13-,17-,18+,19+,20+,21+,22+,23+,24+,25+,26+,27+,28+,29+,30-,31-,32-,33+,34+,35+,36-,37-,38-,39+,40+,41-,42+,43+,44-,45+,46-,47-,48-,49-,51+/m0/s1. The van der Waals surface area contributed by atoms with Crippen LogP contribution in [0.15, 0.2) is 0 Å². The van der Waals surface area contributed by atoms with Crippen molar-refractivity contribution in [2.45, 2.75) is 261 Å². The van der Waals surface area contributed by atoms with Gasteiger partial charge in [0.15, 0.2) is 37.7 Å². The lowest BCUT2D eigenvalue weighted by Crippen LogP contribution is -2.71. The highest BCUT2D eigenvalue weighted by molar-refractivity contribution is 5.77. The van der Waals surface area contributed by atoms with Crippen molar-refractivity contribution in [1.29, 1.82) is 0 Å². The molecule has 0 unspecified atom stereocenters. The third-order valence-electron chi connectivity index (χ3n) is 16.6. The Morgan fingerprint density at radius 1 is 0.473 bits per heavy atom. The van der Waals surface area contributed by atoms with Gasteiger partial charge in [-0.15, -0.1) is 0 Å². The van der Waals surface area contributed by atoms with Gasteiger partial charge in [-0.3, -0.25) is 14.4 Å². The topological polar surface area (TPSA) is 629 Å². The number of aliphatic hydroxyl groups excluding tert-OH is 19. The number of rotatable bonds is 23. The molecule has 7 saturated heterocycles. The number of nitrogens with one attached hydrogen (secondary N) is 3. The average Bonchev–Trinajstić information content (AvgIpc) is 0.913. The fraction of sp³-hybridized carbons (Fsp3) is 0.922. The summed E-state index contributed by atoms with van der Waals surface area (Å²) in [5.74, 6) is -7.78. The Hall–Kier alpha value is -3.40. The van der Waals surface area contributed by atoms with Crippen LogP contribution in [0.4, 0.5) is 0 Å². The molecule has 7 rings (SSSR count). The number of ether oxygens (including phenoxy) is 13. The quantitative estimate of drug-likeness (QED) is 0.0452. The minimum Gasteiger partial charge on any atom is -0.477 e. The molecule has 0 bridgehead atoms. The molecule has 0 aliphatic carbocycles. The molecule has 0 saturated carbocycles. The summed E-state index contributed by atoms with van der Waals surface area (Å²) in [6, 6.07) is -5.34. The van der Waals surface area contributed by atoms with E-state index >= 15 is 0 Å². The fourth-order valence-corrected chi connectivity index (χ4v) is 11.5. The van der Waals surface area contributed by atoms with Crippen LogP contribution in [0.2, 0.25) is 0 Å². The zero-order chi connectivity index (χ0) is 67.6. The summed E-state index contributed by atoms with van der Waals surface area (Å²) in [5, 5.41) is 227. The second-order valence-corrected chi connectivity index (χ2v) is 23.2. The summed E-state index contributed by atoms with van der Waals surface area (Å²) in [6.07, 6.45) is -67.0. The molecule has 40 nitrogen and oxygen atoms in total. The van der Waals surface area contributed by atoms with Gasteiger partial charge in [0.05, 0.1) is 57.4 Å². The zero-order valence-electron chi connectivity index (χ0n) is 49.3. The van der Waals surface area contributed by atoms with E-state index in [-0.39, 0.29) is 0 Å². The maximum absolute atomic E-state index is 13.2. The van der Waals surface area contributed by atoms with E-state index in [2.05, 4.69) is 16.0 Å². The summed E-state index contributed by atoms with van der Waals surface area (Å²) >= 11 is 0. The number of carbonyl (C=O) groups is 4. The van der Waals surface area contributed by atoms with Gasteiger partial charge in [0, 0.05) is 27.2 Å². The molecule has 7 fully saturated rings. The summed E-state index contributed by atoms with van der Waals surface area (Å²) < 4.78 is 77.1. The molecule has 36 atom stereocenters. The lowest BCUT2D eigenvalue weighted by Gasteiger charge is -2.52. The first-order valence-corrected chi connectivity index (χ1v) is 28.9. The summed E-state index contributed by atoms with van der Waals surface area (Å²) in [7, 11) is 0. The van der Waals surface area contributed by atoms with Crippen LogP contribution in [-0.4, -0.2) is 379 Å². The van der Waals surface area contributed by atoms with Crippen LogP contribution in [0.25, 0.3) is 0 Å². The van der Waals surface area contributed by atoms with Crippen LogP contribution in [0.5, 0.6) is 0 Å². The van der Waals surface area contributed by atoms with Crippen LogP contribution >= 0.6 is 0 Å². The fourth-order valence-electron chi connectivity index (χ4n) is 11.5. The molecular formula is C51H85N3O37. The third kappa shape index (κ3) is 16.5. The van der Waals surface area contributed by atoms with Crippen LogP contribution in [-0.2, 0) is 80.8 Å². The zero-order valence-corrected chi connectivity index (χ0v) is 49.3. The van der Waals surface area contributed by atoms with Gasteiger partial charge in [-0.05, 0) is 13.8 Å². The van der Waals surface area contributed by atoms with Crippen molar-refractivity contribution < 1.29 is 183 Å². The van der Waals surface area contributed by atoms with Crippen LogP contribution in [0.1, 0.15) is 41.0 Å². The molecule has 0 radical (unpaired) electrons. The second-order valence-electron chi connectivity index (χ2n) is 23.2. The lowest BCUT2D eigenvalue weighted by atomic mass is 9.88. The van der Waals surface area contributed by atoms with Gasteiger partial charge in [-0.2, -0.15) is 0 Å². The Balaban J connectivity index is 1.33. The third-order valence-corrected chi connectivity index (χ3v) is 16.6. The molecule has 7 aliphatic rings. The van der Waals surface area contributed by atoms with Crippen molar-refractivity contribution in [1.82, 2.24) is 16.0 Å². The van der Waals surface area contributed by atoms with E-state index in [1.54, 1.807) is 0 Å². The van der Waals surface area contributed by atoms with Crippen molar-refractivity contribution >= 4 is 23.7 Å². The Bertz CT molecular complexity index is 2380. The first-order valence-electron chi connectivity index (χ1n) is 28.9. The predicted molar refractivity (Wildman–Crippen MR) is 281 cm³/mol. The molecule has 3 amide bonds. The van der Waals surface area contributed by atoms with Crippen LogP contribution < -0.4 is 16.0 Å². The number of hydrogen-bond donors (Lipinski definition) is 23. The number of carbonyl (C=O) groups excluding carboxylic acids is 3. The SMILES string of the molecule is CC(=O)N[C@@H]1[C@@H](O[C@@H]2O[C@H](CO[C@@H]3O[C@H](CO)[C@@H](O)[C@H](O)[C@H]3NC(C)=O)[C@H](O)[C@H](O[C@@H]3O[C@H](CO)[C@H](O)[C@H](O)[C@H]3O[C@@H]3O[C@@H](C)[C@@H](O)[C@@H](O)[C@@H]3O)[C@H]2O[C@@H]2O[C@@H](C)[C@@H](O)[C@@H](O)[C@@H]2O)[C@@H](O)[C@@H](CO[C@]2(C(=O)O)C[C@H](O)[C@@H](NC(C)=O)[C@H]([C@H](O)[C@H](O)CO)O2)O[C@@H]1O. The molecule has 0 aromatic rings. The predicted octanol–water partition coefficient (Wildman–Crippen LogP) is -14.6. The number of aliphatic carboxylic acids is 1. The highest BCUT2D eigenvalue weighted by Gasteiger charge is 2.61. The summed E-state index contributed by atoms with van der Waals surface area (Å²) in [4.78, 5) is 50.7. The van der Waals surface area contributed by atoms with E-state index in [0.29, 0.717) is 0 Å². The van der Waals surface area contributed by atoms with Gasteiger partial charge in [0.25, 0.3) is 5.79 Å². The summed E-state index contributed by atoms with van der Waals surface area (Å²) in [5.41, 5.74) is 0. The Kier molecular flexibility index (Phi) is 26.1. The van der Waals surface area contributed by atoms with Gasteiger partial charge in [-0.25, -0.2) is 4.79 Å². The highest BCUT2D eigenvalue weighted by atomic mass is 16.8. The van der Waals surface area contributed by atoms with Gasteiger partial charge < -0.3 is 180 Å². The number of carboxylic acids is 1. The average molecular weight is 1330 g/mol. The first-order chi connectivity index (χ1) is 42.7. The minimum absolute atomic E-state index is 0.817.